The molecule has 2 heterocycles. The normalized spacial score (nSPS) is 15.1. The Kier molecular flexibility index (Phi) is 4.92. The molecule has 4 rings (SSSR count). The second-order valence-corrected chi connectivity index (χ2v) is 8.60. The molecule has 30 heavy (non-hydrogen) atoms. The molecule has 0 saturated heterocycles. The van der Waals surface area contributed by atoms with E-state index in [0.717, 1.165) is 16.5 Å². The number of rotatable bonds is 3. The van der Waals surface area contributed by atoms with Crippen molar-refractivity contribution in [3.8, 4) is 0 Å². The molecule has 0 aliphatic carbocycles. The number of hydrogen-bond acceptors (Lipinski definition) is 6. The van der Waals surface area contributed by atoms with E-state index < -0.39 is 27.4 Å². The number of carbonyl (C=O) groups is 1. The van der Waals surface area contributed by atoms with Gasteiger partial charge in [-0.1, -0.05) is 35.4 Å². The minimum atomic E-state index is -3.99. The molecule has 1 aromatic heterocycles. The van der Waals surface area contributed by atoms with E-state index in [1.54, 1.807) is 12.1 Å². The van der Waals surface area contributed by atoms with Crippen molar-refractivity contribution in [1.82, 2.24) is 15.1 Å². The number of hydrazone groups is 1. The van der Waals surface area contributed by atoms with Crippen LogP contribution < -0.4 is 10.1 Å². The zero-order valence-electron chi connectivity index (χ0n) is 15.5. The number of aliphatic hydroxyl groups is 1. The van der Waals surface area contributed by atoms with Crippen LogP contribution in [0, 0.1) is 6.92 Å². The molecule has 0 unspecified atom stereocenters. The Morgan fingerprint density at radius 3 is 2.80 bits per heavy atom. The summed E-state index contributed by atoms with van der Waals surface area (Å²) < 4.78 is 26.7. The number of nitrogens with one attached hydrogen (secondary N) is 2. The van der Waals surface area contributed by atoms with Crippen LogP contribution in [0.25, 0.3) is 16.7 Å². The maximum atomic E-state index is 12.4. The molecular weight excluding hydrogens is 428 g/mol. The SMILES string of the molecule is Cc1ccc2nc(Cl)c(/C=N/NC(=O)C3=C(O)c4ccccc4S(=O)(=O)N3)cc2c1. The predicted molar refractivity (Wildman–Crippen MR) is 114 cm³/mol. The fraction of sp³-hybridized carbons (Fsp3) is 0.0500. The molecule has 3 N–H and O–H groups in total. The molecular formula is C20H15ClN4O4S. The molecule has 1 aliphatic heterocycles. The van der Waals surface area contributed by atoms with Crippen LogP contribution in [0.5, 0.6) is 0 Å². The van der Waals surface area contributed by atoms with Crippen LogP contribution >= 0.6 is 11.6 Å². The lowest BCUT2D eigenvalue weighted by Crippen LogP contribution is -2.37. The fourth-order valence-electron chi connectivity index (χ4n) is 3.02. The second-order valence-electron chi connectivity index (χ2n) is 6.59. The summed E-state index contributed by atoms with van der Waals surface area (Å²) in [7, 11) is -3.99. The minimum absolute atomic E-state index is 0.0301. The smallest absolute Gasteiger partial charge is 0.292 e. The first-order valence-corrected chi connectivity index (χ1v) is 10.6. The van der Waals surface area contributed by atoms with Crippen LogP contribution in [-0.4, -0.2) is 30.6 Å². The third kappa shape index (κ3) is 3.60. The van der Waals surface area contributed by atoms with Gasteiger partial charge in [-0.25, -0.2) is 18.8 Å². The molecule has 3 aromatic rings. The topological polar surface area (TPSA) is 121 Å². The summed E-state index contributed by atoms with van der Waals surface area (Å²) in [4.78, 5) is 16.6. The van der Waals surface area contributed by atoms with Gasteiger partial charge in [-0.3, -0.25) is 9.52 Å². The maximum absolute atomic E-state index is 12.4. The summed E-state index contributed by atoms with van der Waals surface area (Å²) in [5.41, 5.74) is 3.92. The van der Waals surface area contributed by atoms with Gasteiger partial charge in [-0.15, -0.1) is 0 Å². The molecule has 0 spiro atoms. The van der Waals surface area contributed by atoms with Crippen LogP contribution in [-0.2, 0) is 14.8 Å². The lowest BCUT2D eigenvalue weighted by Gasteiger charge is -2.20. The van der Waals surface area contributed by atoms with Gasteiger partial charge in [0.05, 0.1) is 16.6 Å². The van der Waals surface area contributed by atoms with Crippen molar-refractivity contribution in [2.24, 2.45) is 5.10 Å². The van der Waals surface area contributed by atoms with Gasteiger partial charge in [0.2, 0.25) is 0 Å². The standard InChI is InChI=1S/C20H15ClN4O4S/c1-11-6-7-15-12(8-11)9-13(19(21)23-15)10-22-24-20(27)17-18(26)14-4-2-3-5-16(14)30(28,29)25-17/h2-10,25-26H,1H3,(H,24,27)/b22-10+. The van der Waals surface area contributed by atoms with Crippen molar-refractivity contribution in [2.75, 3.05) is 0 Å². The number of carbonyl (C=O) groups excluding carboxylic acids is 1. The van der Waals surface area contributed by atoms with Crippen molar-refractivity contribution >= 4 is 50.4 Å². The van der Waals surface area contributed by atoms with Crippen molar-refractivity contribution in [1.29, 1.82) is 0 Å². The van der Waals surface area contributed by atoms with Gasteiger partial charge in [-0.05, 0) is 37.3 Å². The maximum Gasteiger partial charge on any atom is 0.292 e. The number of nitrogens with zero attached hydrogens (tertiary/aromatic N) is 2. The van der Waals surface area contributed by atoms with Gasteiger partial charge in [0.25, 0.3) is 15.9 Å². The zero-order valence-corrected chi connectivity index (χ0v) is 17.1. The Balaban J connectivity index is 1.60. The predicted octanol–water partition coefficient (Wildman–Crippen LogP) is 2.87. The molecule has 0 saturated carbocycles. The summed E-state index contributed by atoms with van der Waals surface area (Å²) in [6.45, 7) is 1.95. The largest absolute Gasteiger partial charge is 0.505 e. The molecule has 1 amide bonds. The van der Waals surface area contributed by atoms with Crippen LogP contribution in [0.4, 0.5) is 0 Å². The van der Waals surface area contributed by atoms with Crippen molar-refractivity contribution in [3.05, 3.63) is 76.1 Å². The lowest BCUT2D eigenvalue weighted by molar-refractivity contribution is -0.117. The van der Waals surface area contributed by atoms with E-state index in [1.807, 2.05) is 25.1 Å². The summed E-state index contributed by atoms with van der Waals surface area (Å²) >= 11 is 6.17. The molecule has 0 bridgehead atoms. The molecule has 0 fully saturated rings. The minimum Gasteiger partial charge on any atom is -0.505 e. The van der Waals surface area contributed by atoms with Crippen molar-refractivity contribution < 1.29 is 18.3 Å². The van der Waals surface area contributed by atoms with Gasteiger partial charge in [0, 0.05) is 16.5 Å². The Morgan fingerprint density at radius 2 is 2.00 bits per heavy atom. The number of pyridine rings is 1. The number of benzene rings is 2. The van der Waals surface area contributed by atoms with Gasteiger partial charge in [0.1, 0.15) is 5.15 Å². The van der Waals surface area contributed by atoms with Crippen LogP contribution in [0.1, 0.15) is 16.7 Å². The first kappa shape index (κ1) is 19.9. The van der Waals surface area contributed by atoms with E-state index >= 15 is 0 Å². The summed E-state index contributed by atoms with van der Waals surface area (Å²) in [5, 5.41) is 15.2. The number of aryl methyl sites for hydroxylation is 1. The first-order chi connectivity index (χ1) is 14.3. The first-order valence-electron chi connectivity index (χ1n) is 8.72. The Bertz CT molecular complexity index is 1370. The van der Waals surface area contributed by atoms with Crippen LogP contribution in [0.15, 0.2) is 64.2 Å². The highest BCUT2D eigenvalue weighted by Gasteiger charge is 2.32. The molecule has 0 atom stereocenters. The van der Waals surface area contributed by atoms with E-state index in [2.05, 4.69) is 20.2 Å². The monoisotopic (exact) mass is 442 g/mol. The summed E-state index contributed by atoms with van der Waals surface area (Å²) in [6, 6.07) is 13.3. The Morgan fingerprint density at radius 1 is 1.23 bits per heavy atom. The average molecular weight is 443 g/mol. The Labute approximate surface area is 177 Å². The molecule has 152 valence electrons. The third-order valence-electron chi connectivity index (χ3n) is 4.45. The van der Waals surface area contributed by atoms with Gasteiger partial charge in [0.15, 0.2) is 11.5 Å². The zero-order chi connectivity index (χ0) is 21.5. The van der Waals surface area contributed by atoms with Gasteiger partial charge in [-0.2, -0.15) is 5.10 Å². The number of fused-ring (bicyclic) bond motifs is 2. The van der Waals surface area contributed by atoms with E-state index in [1.165, 1.54) is 24.4 Å². The van der Waals surface area contributed by atoms with Crippen molar-refractivity contribution in [3.63, 3.8) is 0 Å². The molecule has 10 heteroatoms. The Hall–Kier alpha value is -3.43. The second kappa shape index (κ2) is 7.43. The third-order valence-corrected chi connectivity index (χ3v) is 6.16. The van der Waals surface area contributed by atoms with Crippen molar-refractivity contribution in [2.45, 2.75) is 11.8 Å². The molecule has 8 nitrogen and oxygen atoms in total. The highest BCUT2D eigenvalue weighted by Crippen LogP contribution is 2.28. The van der Waals surface area contributed by atoms with E-state index in [9.17, 15) is 18.3 Å². The number of hydrogen-bond donors (Lipinski definition) is 3. The van der Waals surface area contributed by atoms with E-state index in [4.69, 9.17) is 11.6 Å². The number of aliphatic hydroxyl groups excluding tert-OH is 1. The van der Waals surface area contributed by atoms with E-state index in [0.29, 0.717) is 5.56 Å². The lowest BCUT2D eigenvalue weighted by atomic mass is 10.1. The number of aromatic nitrogens is 1. The van der Waals surface area contributed by atoms with Gasteiger partial charge < -0.3 is 5.11 Å². The number of sulfonamides is 1. The molecule has 1 aliphatic rings. The molecule has 0 radical (unpaired) electrons. The summed E-state index contributed by atoms with van der Waals surface area (Å²) in [6.07, 6.45) is 1.29. The average Bonchev–Trinajstić information content (AvgIpc) is 2.71. The summed E-state index contributed by atoms with van der Waals surface area (Å²) in [5.74, 6) is -1.42. The highest BCUT2D eigenvalue weighted by molar-refractivity contribution is 7.89. The fourth-order valence-corrected chi connectivity index (χ4v) is 4.49. The van der Waals surface area contributed by atoms with Gasteiger partial charge >= 0.3 is 0 Å². The highest BCUT2D eigenvalue weighted by atomic mass is 35.5. The quantitative estimate of drug-likeness (QED) is 0.327. The van der Waals surface area contributed by atoms with Crippen LogP contribution in [0.2, 0.25) is 5.15 Å². The van der Waals surface area contributed by atoms with E-state index in [-0.39, 0.29) is 15.6 Å². The number of amides is 1. The number of halogens is 1. The molecule has 2 aromatic carbocycles. The van der Waals surface area contributed by atoms with Crippen LogP contribution in [0.3, 0.4) is 0 Å².